The second-order valence-corrected chi connectivity index (χ2v) is 5.65. The van der Waals surface area contributed by atoms with Gasteiger partial charge in [-0.3, -0.25) is 9.78 Å². The zero-order valence-corrected chi connectivity index (χ0v) is 13.8. The zero-order valence-electron chi connectivity index (χ0n) is 13.8. The predicted molar refractivity (Wildman–Crippen MR) is 85.1 cm³/mol. The van der Waals surface area contributed by atoms with Crippen molar-refractivity contribution in [1.82, 2.24) is 19.7 Å². The Morgan fingerprint density at radius 1 is 1.31 bits per heavy atom. The largest absolute Gasteiger partial charge is 0.465 e. The maximum Gasteiger partial charge on any atom is 0.393 e. The van der Waals surface area contributed by atoms with Crippen LogP contribution in [0.3, 0.4) is 0 Å². The Balaban J connectivity index is 2.09. The lowest BCUT2D eigenvalue weighted by molar-refractivity contribution is -0.127. The maximum atomic E-state index is 14.4. The summed E-state index contributed by atoms with van der Waals surface area (Å²) < 4.78 is 58.2. The summed E-state index contributed by atoms with van der Waals surface area (Å²) >= 11 is 0. The van der Waals surface area contributed by atoms with Gasteiger partial charge in [0, 0.05) is 6.20 Å². The van der Waals surface area contributed by atoms with Crippen molar-refractivity contribution in [2.45, 2.75) is 26.4 Å². The minimum Gasteiger partial charge on any atom is -0.465 e. The van der Waals surface area contributed by atoms with Crippen LogP contribution in [-0.2, 0) is 6.42 Å². The summed E-state index contributed by atoms with van der Waals surface area (Å²) in [5, 5.41) is 4.16. The molecule has 26 heavy (non-hydrogen) atoms. The number of fused-ring (bicyclic) bond motifs is 1. The van der Waals surface area contributed by atoms with Crippen LogP contribution in [0.1, 0.15) is 18.1 Å². The average molecular weight is 370 g/mol. The first kappa shape index (κ1) is 17.9. The highest BCUT2D eigenvalue weighted by Gasteiger charge is 2.28. The smallest absolute Gasteiger partial charge is 0.393 e. The van der Waals surface area contributed by atoms with E-state index in [2.05, 4.69) is 15.1 Å². The molecule has 1 aromatic carbocycles. The number of aryl methyl sites for hydroxylation is 1. The molecule has 138 valence electrons. The second-order valence-electron chi connectivity index (χ2n) is 5.65. The molecule has 0 aliphatic rings. The molecule has 0 unspecified atom stereocenters. The van der Waals surface area contributed by atoms with E-state index in [9.17, 15) is 22.4 Å². The van der Waals surface area contributed by atoms with Crippen molar-refractivity contribution < 1.29 is 22.3 Å². The first-order valence-corrected chi connectivity index (χ1v) is 7.66. The molecule has 1 N–H and O–H groups in total. The molecule has 3 aromatic rings. The summed E-state index contributed by atoms with van der Waals surface area (Å²) in [5.74, 6) is -0.876. The lowest BCUT2D eigenvalue weighted by atomic mass is 10.1. The molecule has 0 fully saturated rings. The lowest BCUT2D eigenvalue weighted by Gasteiger charge is -2.11. The molecule has 0 aliphatic carbocycles. The molecule has 0 bridgehead atoms. The van der Waals surface area contributed by atoms with E-state index < -0.39 is 24.0 Å². The van der Waals surface area contributed by atoms with Crippen molar-refractivity contribution in [1.29, 1.82) is 0 Å². The third-order valence-corrected chi connectivity index (χ3v) is 3.60. The van der Waals surface area contributed by atoms with Crippen molar-refractivity contribution in [2.24, 2.45) is 0 Å². The van der Waals surface area contributed by atoms with Gasteiger partial charge in [0.25, 0.3) is 11.6 Å². The highest BCUT2D eigenvalue weighted by molar-refractivity contribution is 5.73. The van der Waals surface area contributed by atoms with Gasteiger partial charge in [0.15, 0.2) is 5.65 Å². The minimum absolute atomic E-state index is 0.0204. The summed E-state index contributed by atoms with van der Waals surface area (Å²) in [5.41, 5.74) is -0.473. The molecule has 2 heterocycles. The third-order valence-electron chi connectivity index (χ3n) is 3.60. The highest BCUT2D eigenvalue weighted by atomic mass is 19.4. The van der Waals surface area contributed by atoms with E-state index in [1.54, 1.807) is 6.92 Å². The van der Waals surface area contributed by atoms with E-state index in [4.69, 9.17) is 4.74 Å². The van der Waals surface area contributed by atoms with Crippen LogP contribution in [0.4, 0.5) is 17.6 Å². The Kier molecular flexibility index (Phi) is 4.43. The fourth-order valence-corrected chi connectivity index (χ4v) is 2.65. The molecule has 0 aliphatic heterocycles. The van der Waals surface area contributed by atoms with E-state index in [0.717, 1.165) is 10.7 Å². The number of hydrogen-bond donors (Lipinski definition) is 1. The number of benzene rings is 1. The molecule has 6 nitrogen and oxygen atoms in total. The van der Waals surface area contributed by atoms with E-state index in [-0.39, 0.29) is 40.5 Å². The molecule has 0 amide bonds. The van der Waals surface area contributed by atoms with Crippen molar-refractivity contribution in [3.8, 4) is 11.7 Å². The molecule has 10 heteroatoms. The number of ether oxygens (including phenoxy) is 1. The van der Waals surface area contributed by atoms with Crippen LogP contribution in [0.5, 0.6) is 6.01 Å². The summed E-state index contributed by atoms with van der Waals surface area (Å²) in [6.07, 6.45) is -4.40. The Morgan fingerprint density at radius 3 is 2.65 bits per heavy atom. The van der Waals surface area contributed by atoms with Crippen molar-refractivity contribution >= 4 is 11.0 Å². The lowest BCUT2D eigenvalue weighted by Crippen LogP contribution is -2.12. The van der Waals surface area contributed by atoms with Gasteiger partial charge in [-0.2, -0.15) is 18.2 Å². The summed E-state index contributed by atoms with van der Waals surface area (Å²) in [6, 6.07) is 2.03. The Labute approximate surface area is 144 Å². The van der Waals surface area contributed by atoms with Crippen LogP contribution in [0.2, 0.25) is 0 Å². The van der Waals surface area contributed by atoms with Gasteiger partial charge in [-0.15, -0.1) is 5.10 Å². The molecule has 0 saturated heterocycles. The molecule has 0 radical (unpaired) electrons. The first-order valence-electron chi connectivity index (χ1n) is 7.66. The Hall–Kier alpha value is -2.91. The normalized spacial score (nSPS) is 11.9. The Morgan fingerprint density at radius 2 is 2.04 bits per heavy atom. The second kappa shape index (κ2) is 6.43. The highest BCUT2D eigenvalue weighted by Crippen LogP contribution is 2.26. The van der Waals surface area contributed by atoms with Gasteiger partial charge < -0.3 is 4.74 Å². The summed E-state index contributed by atoms with van der Waals surface area (Å²) in [7, 11) is 0. The van der Waals surface area contributed by atoms with Crippen molar-refractivity contribution in [2.75, 3.05) is 6.61 Å². The molecular formula is C16H14F4N4O2. The monoisotopic (exact) mass is 370 g/mol. The van der Waals surface area contributed by atoms with E-state index >= 15 is 0 Å². The van der Waals surface area contributed by atoms with Crippen LogP contribution < -0.4 is 10.3 Å². The number of nitrogens with zero attached hydrogens (tertiary/aromatic N) is 3. The quantitative estimate of drug-likeness (QED) is 0.717. The van der Waals surface area contributed by atoms with Gasteiger partial charge in [0.1, 0.15) is 16.9 Å². The number of hydrogen-bond acceptors (Lipinski definition) is 4. The average Bonchev–Trinajstić information content (AvgIpc) is 2.89. The maximum absolute atomic E-state index is 14.4. The number of aromatic amines is 1. The third kappa shape index (κ3) is 3.53. The van der Waals surface area contributed by atoms with Crippen molar-refractivity contribution in [3.05, 3.63) is 45.6 Å². The van der Waals surface area contributed by atoms with E-state index in [0.29, 0.717) is 0 Å². The van der Waals surface area contributed by atoms with Crippen LogP contribution in [0.15, 0.2) is 23.1 Å². The van der Waals surface area contributed by atoms with E-state index in [1.807, 2.05) is 0 Å². The molecule has 0 spiro atoms. The van der Waals surface area contributed by atoms with Crippen molar-refractivity contribution in [3.63, 3.8) is 0 Å². The molecule has 0 saturated carbocycles. The molecular weight excluding hydrogens is 356 g/mol. The molecule has 2 aromatic heterocycles. The summed E-state index contributed by atoms with van der Waals surface area (Å²) in [4.78, 5) is 18.5. The van der Waals surface area contributed by atoms with Gasteiger partial charge >= 0.3 is 6.18 Å². The standard InChI is InChI=1S/C16H14F4N4O2/c1-3-26-15-21-13-10(14(25)22-15)7-24(23-13)12-8(2)4-9(5-11(12)17)6-16(18,19)20/h4-5,7H,3,6H2,1-2H3,(H,21,22,23,25). The first-order chi connectivity index (χ1) is 12.2. The van der Waals surface area contributed by atoms with Crippen LogP contribution >= 0.6 is 0 Å². The van der Waals surface area contributed by atoms with Crippen LogP contribution in [-0.4, -0.2) is 32.5 Å². The molecule has 3 rings (SSSR count). The van der Waals surface area contributed by atoms with Gasteiger partial charge in [-0.05, 0) is 31.0 Å². The topological polar surface area (TPSA) is 72.8 Å². The Bertz CT molecular complexity index is 1000. The van der Waals surface area contributed by atoms with Gasteiger partial charge in [0.05, 0.1) is 13.0 Å². The van der Waals surface area contributed by atoms with Gasteiger partial charge in [-0.25, -0.2) is 9.07 Å². The zero-order chi connectivity index (χ0) is 19.1. The number of rotatable bonds is 4. The number of H-pyrrole nitrogens is 1. The number of nitrogens with one attached hydrogen (secondary N) is 1. The van der Waals surface area contributed by atoms with Crippen LogP contribution in [0, 0.1) is 12.7 Å². The fourth-order valence-electron chi connectivity index (χ4n) is 2.65. The molecule has 0 atom stereocenters. The van der Waals surface area contributed by atoms with Gasteiger partial charge in [0.2, 0.25) is 0 Å². The minimum atomic E-state index is -4.44. The number of aromatic nitrogens is 4. The van der Waals surface area contributed by atoms with Crippen LogP contribution in [0.25, 0.3) is 16.7 Å². The number of alkyl halides is 3. The SMILES string of the molecule is CCOc1nc2nn(-c3c(C)cc(CC(F)(F)F)cc3F)cc2c(=O)[nH]1. The number of halogens is 4. The summed E-state index contributed by atoms with van der Waals surface area (Å²) in [6.45, 7) is 3.46. The van der Waals surface area contributed by atoms with Gasteiger partial charge in [-0.1, -0.05) is 6.07 Å². The van der Waals surface area contributed by atoms with E-state index in [1.165, 1.54) is 19.2 Å². The fraction of sp³-hybridized carbons (Fsp3) is 0.312. The predicted octanol–water partition coefficient (Wildman–Crippen LogP) is 3.06.